The maximum atomic E-state index is 13.8. The molecule has 0 radical (unpaired) electrons. The number of alkyl halides is 3. The Morgan fingerprint density at radius 2 is 1.71 bits per heavy atom. The van der Waals surface area contributed by atoms with Gasteiger partial charge in [-0.1, -0.05) is 36.4 Å². The van der Waals surface area contributed by atoms with E-state index in [0.29, 0.717) is 24.1 Å². The molecule has 0 aliphatic carbocycles. The van der Waals surface area contributed by atoms with Crippen LogP contribution in [0, 0.1) is 5.82 Å². The van der Waals surface area contributed by atoms with E-state index in [9.17, 15) is 17.6 Å². The third-order valence-corrected chi connectivity index (χ3v) is 3.97. The number of aromatic nitrogens is 2. The van der Waals surface area contributed by atoms with Gasteiger partial charge in [0.25, 0.3) is 0 Å². The molecule has 0 saturated heterocycles. The zero-order chi connectivity index (χ0) is 19.4. The molecule has 0 amide bonds. The van der Waals surface area contributed by atoms with Gasteiger partial charge in [0.2, 0.25) is 0 Å². The van der Waals surface area contributed by atoms with E-state index in [1.165, 1.54) is 18.5 Å². The molecule has 3 rings (SSSR count). The van der Waals surface area contributed by atoms with Crippen LogP contribution in [0.5, 0.6) is 0 Å². The Balaban J connectivity index is 0.00000280. The fourth-order valence-corrected chi connectivity index (χ4v) is 2.55. The second-order valence-electron chi connectivity index (χ2n) is 5.88. The molecule has 0 aliphatic heterocycles. The highest BCUT2D eigenvalue weighted by Gasteiger charge is 2.34. The van der Waals surface area contributed by atoms with Crippen molar-refractivity contribution in [1.82, 2.24) is 9.97 Å². The third-order valence-electron chi connectivity index (χ3n) is 3.97. The SMILES string of the molecule is Cl.N[C@@H](CNc1cc(-c2ccc(C(F)(F)F)c(F)c2)ncn1)c1ccccc1. The van der Waals surface area contributed by atoms with Crippen LogP contribution in [0.3, 0.4) is 0 Å². The number of nitrogens with zero attached hydrogens (tertiary/aromatic N) is 2. The van der Waals surface area contributed by atoms with Gasteiger partial charge in [-0.2, -0.15) is 13.2 Å². The van der Waals surface area contributed by atoms with Gasteiger partial charge < -0.3 is 11.1 Å². The summed E-state index contributed by atoms with van der Waals surface area (Å²) < 4.78 is 51.8. The number of hydrogen-bond acceptors (Lipinski definition) is 4. The fourth-order valence-electron chi connectivity index (χ4n) is 2.55. The number of anilines is 1. The largest absolute Gasteiger partial charge is 0.419 e. The molecule has 3 aromatic rings. The van der Waals surface area contributed by atoms with Crippen LogP contribution in [-0.2, 0) is 6.18 Å². The molecule has 3 N–H and O–H groups in total. The van der Waals surface area contributed by atoms with Crippen LogP contribution in [0.25, 0.3) is 11.3 Å². The van der Waals surface area contributed by atoms with Gasteiger partial charge in [0.15, 0.2) is 0 Å². The minimum Gasteiger partial charge on any atom is -0.368 e. The standard InChI is InChI=1S/C19H16F4N4.ClH/c20-15-8-13(6-7-14(15)19(21,22)23)17-9-18(27-11-26-17)25-10-16(24)12-4-2-1-3-5-12;/h1-9,11,16H,10,24H2,(H,25,26,27);1H/t16-;/m0./s1. The highest BCUT2D eigenvalue weighted by Crippen LogP contribution is 2.33. The van der Waals surface area contributed by atoms with E-state index in [4.69, 9.17) is 5.73 Å². The van der Waals surface area contributed by atoms with E-state index in [-0.39, 0.29) is 24.0 Å². The molecule has 0 spiro atoms. The Bertz CT molecular complexity index is 919. The first-order valence-electron chi connectivity index (χ1n) is 8.08. The molecular weight excluding hydrogens is 396 g/mol. The van der Waals surface area contributed by atoms with E-state index >= 15 is 0 Å². The average molecular weight is 413 g/mol. The summed E-state index contributed by atoms with van der Waals surface area (Å²) in [5.74, 6) is -0.911. The number of benzene rings is 2. The first-order chi connectivity index (χ1) is 12.8. The zero-order valence-corrected chi connectivity index (χ0v) is 15.3. The molecule has 0 aliphatic rings. The van der Waals surface area contributed by atoms with Gasteiger partial charge >= 0.3 is 6.18 Å². The van der Waals surface area contributed by atoms with Crippen LogP contribution < -0.4 is 11.1 Å². The van der Waals surface area contributed by atoms with E-state index in [0.717, 1.165) is 11.6 Å². The molecule has 0 bridgehead atoms. The summed E-state index contributed by atoms with van der Waals surface area (Å²) in [6.07, 6.45) is -3.49. The van der Waals surface area contributed by atoms with Crippen molar-refractivity contribution in [2.45, 2.75) is 12.2 Å². The van der Waals surface area contributed by atoms with Gasteiger partial charge in [-0.15, -0.1) is 12.4 Å². The Morgan fingerprint density at radius 3 is 2.36 bits per heavy atom. The van der Waals surface area contributed by atoms with Crippen molar-refractivity contribution in [3.8, 4) is 11.3 Å². The van der Waals surface area contributed by atoms with Crippen molar-refractivity contribution in [1.29, 1.82) is 0 Å². The summed E-state index contributed by atoms with van der Waals surface area (Å²) in [5.41, 5.74) is 6.26. The van der Waals surface area contributed by atoms with Gasteiger partial charge in [0.1, 0.15) is 18.0 Å². The Hall–Kier alpha value is -2.71. The average Bonchev–Trinajstić information content (AvgIpc) is 2.66. The smallest absolute Gasteiger partial charge is 0.368 e. The molecule has 0 fully saturated rings. The molecule has 1 heterocycles. The predicted octanol–water partition coefficient (Wildman–Crippen LogP) is 4.84. The number of halogens is 5. The Morgan fingerprint density at radius 1 is 1.00 bits per heavy atom. The lowest BCUT2D eigenvalue weighted by molar-refractivity contribution is -0.139. The number of hydrogen-bond donors (Lipinski definition) is 2. The second kappa shape index (κ2) is 8.99. The van der Waals surface area contributed by atoms with Crippen LogP contribution >= 0.6 is 12.4 Å². The van der Waals surface area contributed by atoms with Crippen molar-refractivity contribution in [3.63, 3.8) is 0 Å². The maximum Gasteiger partial charge on any atom is 0.419 e. The lowest BCUT2D eigenvalue weighted by atomic mass is 10.1. The molecule has 4 nitrogen and oxygen atoms in total. The molecular formula is C19H17ClF4N4. The second-order valence-corrected chi connectivity index (χ2v) is 5.88. The van der Waals surface area contributed by atoms with Crippen LogP contribution in [0.15, 0.2) is 60.9 Å². The fraction of sp³-hybridized carbons (Fsp3) is 0.158. The summed E-state index contributed by atoms with van der Waals surface area (Å²) in [6.45, 7) is 0.391. The first-order valence-corrected chi connectivity index (χ1v) is 8.08. The molecule has 0 saturated carbocycles. The van der Waals surface area contributed by atoms with Gasteiger partial charge in [-0.25, -0.2) is 14.4 Å². The molecule has 1 aromatic heterocycles. The van der Waals surface area contributed by atoms with Gasteiger partial charge in [-0.3, -0.25) is 0 Å². The number of rotatable bonds is 5. The maximum absolute atomic E-state index is 13.8. The summed E-state index contributed by atoms with van der Waals surface area (Å²) in [7, 11) is 0. The highest BCUT2D eigenvalue weighted by atomic mass is 35.5. The molecule has 1 atom stereocenters. The van der Waals surface area contributed by atoms with Gasteiger partial charge in [0, 0.05) is 24.2 Å². The molecule has 2 aromatic carbocycles. The van der Waals surface area contributed by atoms with Gasteiger partial charge in [0.05, 0.1) is 11.3 Å². The quantitative estimate of drug-likeness (QED) is 0.589. The normalized spacial score (nSPS) is 12.2. The van der Waals surface area contributed by atoms with Crippen molar-refractivity contribution in [2.24, 2.45) is 5.73 Å². The van der Waals surface area contributed by atoms with Crippen LogP contribution in [0.1, 0.15) is 17.2 Å². The predicted molar refractivity (Wildman–Crippen MR) is 102 cm³/mol. The van der Waals surface area contributed by atoms with E-state index < -0.39 is 17.6 Å². The first kappa shape index (κ1) is 21.6. The lowest BCUT2D eigenvalue weighted by Gasteiger charge is -2.14. The summed E-state index contributed by atoms with van der Waals surface area (Å²) in [5, 5.41) is 3.05. The Labute approximate surface area is 165 Å². The number of nitrogens with two attached hydrogens (primary N) is 1. The monoisotopic (exact) mass is 412 g/mol. The molecule has 148 valence electrons. The molecule has 28 heavy (non-hydrogen) atoms. The Kier molecular flexibility index (Phi) is 6.93. The molecule has 9 heteroatoms. The summed E-state index contributed by atoms with van der Waals surface area (Å²) >= 11 is 0. The van der Waals surface area contributed by atoms with Gasteiger partial charge in [-0.05, 0) is 17.7 Å². The van der Waals surface area contributed by atoms with Crippen molar-refractivity contribution < 1.29 is 17.6 Å². The van der Waals surface area contributed by atoms with Crippen molar-refractivity contribution in [2.75, 3.05) is 11.9 Å². The van der Waals surface area contributed by atoms with Crippen molar-refractivity contribution in [3.05, 3.63) is 77.9 Å². The topological polar surface area (TPSA) is 63.8 Å². The third kappa shape index (κ3) is 5.17. The van der Waals surface area contributed by atoms with Crippen molar-refractivity contribution >= 4 is 18.2 Å². The van der Waals surface area contributed by atoms with Crippen LogP contribution in [0.4, 0.5) is 23.4 Å². The van der Waals surface area contributed by atoms with E-state index in [2.05, 4.69) is 15.3 Å². The lowest BCUT2D eigenvalue weighted by Crippen LogP contribution is -2.20. The summed E-state index contributed by atoms with van der Waals surface area (Å²) in [4.78, 5) is 8.06. The minimum atomic E-state index is -4.74. The van der Waals surface area contributed by atoms with E-state index in [1.54, 1.807) is 0 Å². The van der Waals surface area contributed by atoms with E-state index in [1.807, 2.05) is 30.3 Å². The minimum absolute atomic E-state index is 0. The van der Waals surface area contributed by atoms with Crippen LogP contribution in [0.2, 0.25) is 0 Å². The number of nitrogens with one attached hydrogen (secondary N) is 1. The highest BCUT2D eigenvalue weighted by molar-refractivity contribution is 5.85. The summed E-state index contributed by atoms with van der Waals surface area (Å²) in [6, 6.07) is 13.4. The molecule has 0 unspecified atom stereocenters. The zero-order valence-electron chi connectivity index (χ0n) is 14.4. The van der Waals surface area contributed by atoms with Crippen LogP contribution in [-0.4, -0.2) is 16.5 Å².